The quantitative estimate of drug-likeness (QED) is 0.117. The third-order valence-electron chi connectivity index (χ3n) is 12.0. The van der Waals surface area contributed by atoms with Crippen LogP contribution in [0.3, 0.4) is 0 Å². The minimum atomic E-state index is -1.22. The molecule has 3 aliphatic carbocycles. The SMILES string of the molecule is CC1(C)CC(/C=C/c2ccc(N(c3ccc(/C=C/C4=CC(=C(\C#N)C(=O)O)/CC(C)(C)C4)cc3)c3ccc(/C=C/C4=CC(=C(\C#N)C(=O)O)/CC(C)(C)C4)cc3)cc2)=CC(=C(\C#N)C(=O)O)/C1. The van der Waals surface area contributed by atoms with Crippen molar-refractivity contribution in [2.75, 3.05) is 4.90 Å². The second-order valence-corrected chi connectivity index (χ2v) is 19.8. The van der Waals surface area contributed by atoms with E-state index in [0.29, 0.717) is 36.0 Å². The van der Waals surface area contributed by atoms with Gasteiger partial charge in [-0.3, -0.25) is 0 Å². The van der Waals surface area contributed by atoms with E-state index in [1.165, 1.54) is 0 Å². The summed E-state index contributed by atoms with van der Waals surface area (Å²) < 4.78 is 0. The van der Waals surface area contributed by atoms with Crippen molar-refractivity contribution in [1.82, 2.24) is 0 Å². The van der Waals surface area contributed by atoms with E-state index in [0.717, 1.165) is 69.7 Å². The zero-order valence-electron chi connectivity index (χ0n) is 38.7. The number of allylic oxidation sites excluding steroid dienone is 12. The van der Waals surface area contributed by atoms with Crippen LogP contribution < -0.4 is 4.90 Å². The van der Waals surface area contributed by atoms with Crippen molar-refractivity contribution in [1.29, 1.82) is 15.8 Å². The van der Waals surface area contributed by atoms with Gasteiger partial charge < -0.3 is 20.2 Å². The highest BCUT2D eigenvalue weighted by Crippen LogP contribution is 2.43. The highest BCUT2D eigenvalue weighted by Gasteiger charge is 2.30. The number of rotatable bonds is 12. The van der Waals surface area contributed by atoms with E-state index in [-0.39, 0.29) is 33.0 Å². The fourth-order valence-corrected chi connectivity index (χ4v) is 9.20. The topological polar surface area (TPSA) is 187 Å². The molecule has 0 spiro atoms. The number of carbonyl (C=O) groups is 3. The van der Waals surface area contributed by atoms with Gasteiger partial charge in [0.15, 0.2) is 0 Å². The number of carboxylic acids is 3. The number of anilines is 3. The first-order valence-electron chi connectivity index (χ1n) is 22.0. The Balaban J connectivity index is 1.32. The number of carboxylic acid groups (broad SMARTS) is 3. The molecule has 0 aliphatic heterocycles. The summed E-state index contributed by atoms with van der Waals surface area (Å²) in [5, 5.41) is 57.5. The molecular weight excluding hydrogens is 837 g/mol. The van der Waals surface area contributed by atoms with Crippen molar-refractivity contribution < 1.29 is 29.7 Å². The Kier molecular flexibility index (Phi) is 14.5. The molecule has 10 heteroatoms. The summed E-state index contributed by atoms with van der Waals surface area (Å²) in [6.07, 6.45) is 21.1. The molecule has 6 rings (SSSR count). The van der Waals surface area contributed by atoms with Gasteiger partial charge in [0.2, 0.25) is 0 Å². The third kappa shape index (κ3) is 12.4. The Morgan fingerprint density at radius 1 is 0.433 bits per heavy atom. The maximum absolute atomic E-state index is 11.8. The predicted octanol–water partition coefficient (Wildman–Crippen LogP) is 13.1. The van der Waals surface area contributed by atoms with Crippen LogP contribution in [0.15, 0.2) is 159 Å². The number of aliphatic carboxylic acids is 3. The number of nitrogens with zero attached hydrogens (tertiary/aromatic N) is 4. The van der Waals surface area contributed by atoms with Gasteiger partial charge in [-0.25, -0.2) is 14.4 Å². The van der Waals surface area contributed by atoms with Gasteiger partial charge in [0, 0.05) is 17.1 Å². The van der Waals surface area contributed by atoms with Crippen molar-refractivity contribution in [3.8, 4) is 18.2 Å². The van der Waals surface area contributed by atoms with E-state index in [4.69, 9.17) is 0 Å². The molecule has 3 aliphatic rings. The van der Waals surface area contributed by atoms with E-state index in [9.17, 15) is 45.5 Å². The largest absolute Gasteiger partial charge is 0.477 e. The zero-order valence-corrected chi connectivity index (χ0v) is 38.7. The lowest BCUT2D eigenvalue weighted by Crippen LogP contribution is -2.19. The van der Waals surface area contributed by atoms with Crippen LogP contribution in [0.1, 0.15) is 96.8 Å². The minimum absolute atomic E-state index is 0.216. The van der Waals surface area contributed by atoms with E-state index in [1.54, 1.807) is 0 Å². The number of hydrogen-bond donors (Lipinski definition) is 3. The molecular formula is C57H54N4O6. The Morgan fingerprint density at radius 3 is 0.881 bits per heavy atom. The molecule has 0 fully saturated rings. The summed E-state index contributed by atoms with van der Waals surface area (Å²) >= 11 is 0. The van der Waals surface area contributed by atoms with Crippen LogP contribution in [0.4, 0.5) is 17.1 Å². The molecule has 0 unspecified atom stereocenters. The average Bonchev–Trinajstić information content (AvgIpc) is 3.24. The monoisotopic (exact) mass is 890 g/mol. The normalized spacial score (nSPS) is 19.8. The molecule has 0 amide bonds. The molecule has 0 atom stereocenters. The fraction of sp³-hybridized carbons (Fsp3) is 0.263. The van der Waals surface area contributed by atoms with Crippen molar-refractivity contribution in [3.63, 3.8) is 0 Å². The number of nitriles is 3. The molecule has 3 aromatic rings. The molecule has 0 bridgehead atoms. The fourth-order valence-electron chi connectivity index (χ4n) is 9.20. The predicted molar refractivity (Wildman–Crippen MR) is 262 cm³/mol. The van der Waals surface area contributed by atoms with Gasteiger partial charge in [-0.2, -0.15) is 15.8 Å². The summed E-state index contributed by atoms with van der Waals surface area (Å²) in [5.74, 6) is -3.67. The number of benzene rings is 3. The highest BCUT2D eigenvalue weighted by atomic mass is 16.4. The van der Waals surface area contributed by atoms with Crippen LogP contribution in [0.25, 0.3) is 18.2 Å². The van der Waals surface area contributed by atoms with Crippen LogP contribution in [-0.4, -0.2) is 33.2 Å². The smallest absolute Gasteiger partial charge is 0.346 e. The number of hydrogen-bond acceptors (Lipinski definition) is 7. The molecule has 67 heavy (non-hydrogen) atoms. The van der Waals surface area contributed by atoms with Crippen molar-refractivity contribution in [2.24, 2.45) is 16.2 Å². The second-order valence-electron chi connectivity index (χ2n) is 19.8. The summed E-state index contributed by atoms with van der Waals surface area (Å²) in [4.78, 5) is 37.5. The lowest BCUT2D eigenvalue weighted by molar-refractivity contribution is -0.133. The Labute approximate surface area is 392 Å². The first-order chi connectivity index (χ1) is 31.7. The van der Waals surface area contributed by atoms with E-state index < -0.39 is 17.9 Å². The minimum Gasteiger partial charge on any atom is -0.477 e. The first kappa shape index (κ1) is 48.5. The molecule has 0 heterocycles. The van der Waals surface area contributed by atoms with E-state index in [2.05, 4.69) is 46.4 Å². The summed E-state index contributed by atoms with van der Waals surface area (Å²) in [6, 6.07) is 29.9. The van der Waals surface area contributed by atoms with Crippen LogP contribution in [0.5, 0.6) is 0 Å². The van der Waals surface area contributed by atoms with Gasteiger partial charge in [-0.15, -0.1) is 0 Å². The molecule has 3 aromatic carbocycles. The zero-order chi connectivity index (χ0) is 48.7. The van der Waals surface area contributed by atoms with E-state index in [1.807, 2.05) is 146 Å². The maximum Gasteiger partial charge on any atom is 0.346 e. The third-order valence-corrected chi connectivity index (χ3v) is 12.0. The van der Waals surface area contributed by atoms with Crippen LogP contribution in [0, 0.1) is 50.2 Å². The molecule has 3 N–H and O–H groups in total. The van der Waals surface area contributed by atoms with Gasteiger partial charge in [0.05, 0.1) is 0 Å². The van der Waals surface area contributed by atoms with Gasteiger partial charge >= 0.3 is 17.9 Å². The van der Waals surface area contributed by atoms with Crippen LogP contribution in [-0.2, 0) is 14.4 Å². The molecule has 0 saturated carbocycles. The summed E-state index contributed by atoms with van der Waals surface area (Å²) in [5.41, 5.74) is 8.55. The Bertz CT molecular complexity index is 2590. The second kappa shape index (κ2) is 20.0. The summed E-state index contributed by atoms with van der Waals surface area (Å²) in [6.45, 7) is 12.4. The highest BCUT2D eigenvalue weighted by molar-refractivity contribution is 5.94. The molecule has 0 aromatic heterocycles. The lowest BCUT2D eigenvalue weighted by atomic mass is 9.74. The molecule has 0 radical (unpaired) electrons. The van der Waals surface area contributed by atoms with Crippen LogP contribution in [0.2, 0.25) is 0 Å². The maximum atomic E-state index is 11.8. The van der Waals surface area contributed by atoms with Crippen LogP contribution >= 0.6 is 0 Å². The van der Waals surface area contributed by atoms with Gasteiger partial charge in [0.25, 0.3) is 0 Å². The van der Waals surface area contributed by atoms with Crippen molar-refractivity contribution in [3.05, 3.63) is 176 Å². The average molecular weight is 891 g/mol. The van der Waals surface area contributed by atoms with Crippen molar-refractivity contribution in [2.45, 2.75) is 80.1 Å². The Morgan fingerprint density at radius 2 is 0.672 bits per heavy atom. The standard InChI is InChI=1S/C57H54N4O6/c1-55(2)28-40(25-43(31-55)49(34-58)52(62)63)10-7-37-13-19-46(20-14-37)61(47-21-15-38(16-22-47)8-11-41-26-44(32-56(3,4)29-41)50(35-59)53(64)65)48-23-17-39(18-24-48)9-12-42-27-45(33-57(5,6)30-42)51(36-60)54(66)67/h7-27H,28-33H2,1-6H3,(H,62,63)(H,64,65)(H,66,67)/b10-7+,11-8+,12-9+,49-43-,50-44-,51-45-. The van der Waals surface area contributed by atoms with Crippen molar-refractivity contribution >= 4 is 53.2 Å². The first-order valence-corrected chi connectivity index (χ1v) is 22.0. The van der Waals surface area contributed by atoms with Gasteiger partial charge in [-0.1, -0.05) is 133 Å². The van der Waals surface area contributed by atoms with Gasteiger partial charge in [0.1, 0.15) is 34.9 Å². The molecule has 0 saturated heterocycles. The summed E-state index contributed by atoms with van der Waals surface area (Å²) in [7, 11) is 0. The van der Waals surface area contributed by atoms with Gasteiger partial charge in [-0.05, 0) is 141 Å². The lowest BCUT2D eigenvalue weighted by Gasteiger charge is -2.30. The Hall–Kier alpha value is -8.00. The molecule has 338 valence electrons. The molecule has 10 nitrogen and oxygen atoms in total. The van der Waals surface area contributed by atoms with E-state index >= 15 is 0 Å².